The van der Waals surface area contributed by atoms with Crippen LogP contribution in [0.25, 0.3) is 0 Å². The Morgan fingerprint density at radius 2 is 2.17 bits per heavy atom. The number of hydrogen-bond donors (Lipinski definition) is 1. The van der Waals surface area contributed by atoms with Crippen molar-refractivity contribution in [1.29, 1.82) is 0 Å². The molecule has 1 aliphatic carbocycles. The van der Waals surface area contributed by atoms with E-state index in [1.54, 1.807) is 0 Å². The molecule has 2 fully saturated rings. The molecule has 1 N–H and O–H groups in total. The second-order valence-corrected chi connectivity index (χ2v) is 6.48. The van der Waals surface area contributed by atoms with Gasteiger partial charge in [-0.2, -0.15) is 0 Å². The molecule has 98 valence electrons. The molecule has 2 aliphatic rings. The van der Waals surface area contributed by atoms with Crippen molar-refractivity contribution in [2.45, 2.75) is 45.1 Å². The van der Waals surface area contributed by atoms with Crippen molar-refractivity contribution in [3.05, 3.63) is 10.6 Å². The van der Waals surface area contributed by atoms with Gasteiger partial charge in [-0.3, -0.25) is 0 Å². The van der Waals surface area contributed by atoms with E-state index in [0.29, 0.717) is 6.04 Å². The van der Waals surface area contributed by atoms with Crippen LogP contribution in [0.3, 0.4) is 0 Å². The van der Waals surface area contributed by atoms with Crippen LogP contribution in [-0.4, -0.2) is 28.6 Å². The van der Waals surface area contributed by atoms with E-state index in [4.69, 9.17) is 5.11 Å². The zero-order chi connectivity index (χ0) is 12.7. The largest absolute Gasteiger partial charge is 0.476 e. The molecule has 2 atom stereocenters. The Labute approximate surface area is 111 Å². The molecule has 0 radical (unpaired) electrons. The molecule has 1 saturated carbocycles. The van der Waals surface area contributed by atoms with Crippen LogP contribution in [0.15, 0.2) is 0 Å². The standard InChI is InChI=1S/C13H18N2O2S/c1-8-11(12(16)17)14-13(18-8)15-7-6-9-4-2-3-5-10(9)15/h9-10H,2-7H2,1H3,(H,16,17). The monoisotopic (exact) mass is 266 g/mol. The summed E-state index contributed by atoms with van der Waals surface area (Å²) in [7, 11) is 0. The zero-order valence-corrected chi connectivity index (χ0v) is 11.4. The summed E-state index contributed by atoms with van der Waals surface area (Å²) in [5, 5.41) is 10.00. The lowest BCUT2D eigenvalue weighted by atomic mass is 9.85. The molecule has 1 aromatic rings. The number of rotatable bonds is 2. The Morgan fingerprint density at radius 1 is 1.39 bits per heavy atom. The topological polar surface area (TPSA) is 53.4 Å². The zero-order valence-electron chi connectivity index (χ0n) is 10.6. The molecule has 1 aromatic heterocycles. The molecule has 0 amide bonds. The first-order chi connectivity index (χ1) is 8.66. The lowest BCUT2D eigenvalue weighted by Gasteiger charge is -2.31. The molecule has 0 bridgehead atoms. The summed E-state index contributed by atoms with van der Waals surface area (Å²) < 4.78 is 0. The van der Waals surface area contributed by atoms with Crippen molar-refractivity contribution in [2.75, 3.05) is 11.4 Å². The predicted octanol–water partition coefficient (Wildman–Crippen LogP) is 2.92. The van der Waals surface area contributed by atoms with Gasteiger partial charge in [0.2, 0.25) is 0 Å². The maximum atomic E-state index is 11.1. The molecule has 2 heterocycles. The molecule has 0 aromatic carbocycles. The SMILES string of the molecule is Cc1sc(N2CCC3CCCCC32)nc1C(=O)O. The van der Waals surface area contributed by atoms with E-state index >= 15 is 0 Å². The van der Waals surface area contributed by atoms with Gasteiger partial charge in [-0.15, -0.1) is 11.3 Å². The minimum atomic E-state index is -0.908. The summed E-state index contributed by atoms with van der Waals surface area (Å²) in [6.07, 6.45) is 6.47. The fourth-order valence-corrected chi connectivity index (χ4v) is 4.33. The third-order valence-corrected chi connectivity index (χ3v) is 5.25. The van der Waals surface area contributed by atoms with Crippen LogP contribution in [0.4, 0.5) is 5.13 Å². The van der Waals surface area contributed by atoms with Crippen molar-refractivity contribution in [2.24, 2.45) is 5.92 Å². The first-order valence-electron chi connectivity index (χ1n) is 6.64. The third-order valence-electron chi connectivity index (χ3n) is 4.24. The van der Waals surface area contributed by atoms with Crippen LogP contribution in [0.2, 0.25) is 0 Å². The van der Waals surface area contributed by atoms with Gasteiger partial charge in [0.25, 0.3) is 0 Å². The molecule has 5 heteroatoms. The molecule has 2 unspecified atom stereocenters. The third kappa shape index (κ3) is 1.90. The minimum absolute atomic E-state index is 0.231. The average Bonchev–Trinajstić information content (AvgIpc) is 2.92. The number of carboxylic acid groups (broad SMARTS) is 1. The summed E-state index contributed by atoms with van der Waals surface area (Å²) in [6, 6.07) is 0.603. The molecule has 18 heavy (non-hydrogen) atoms. The summed E-state index contributed by atoms with van der Waals surface area (Å²) in [5.41, 5.74) is 0.231. The Kier molecular flexibility index (Phi) is 3.01. The smallest absolute Gasteiger partial charge is 0.355 e. The molecular weight excluding hydrogens is 248 g/mol. The molecular formula is C13H18N2O2S. The van der Waals surface area contributed by atoms with Crippen LogP contribution >= 0.6 is 11.3 Å². The maximum Gasteiger partial charge on any atom is 0.355 e. The predicted molar refractivity (Wildman–Crippen MR) is 71.5 cm³/mol. The van der Waals surface area contributed by atoms with E-state index in [9.17, 15) is 4.79 Å². The van der Waals surface area contributed by atoms with E-state index in [0.717, 1.165) is 22.5 Å². The van der Waals surface area contributed by atoms with Crippen molar-refractivity contribution in [3.8, 4) is 0 Å². The Hall–Kier alpha value is -1.10. The van der Waals surface area contributed by atoms with Crippen LogP contribution in [0.5, 0.6) is 0 Å². The van der Waals surface area contributed by atoms with Gasteiger partial charge in [0, 0.05) is 17.5 Å². The second-order valence-electron chi connectivity index (χ2n) is 5.30. The van der Waals surface area contributed by atoms with Gasteiger partial charge in [-0.05, 0) is 32.1 Å². The fraction of sp³-hybridized carbons (Fsp3) is 0.692. The van der Waals surface area contributed by atoms with Crippen LogP contribution in [0.1, 0.15) is 47.5 Å². The quantitative estimate of drug-likeness (QED) is 0.894. The highest BCUT2D eigenvalue weighted by Gasteiger charge is 2.37. The Bertz CT molecular complexity index is 472. The first-order valence-corrected chi connectivity index (χ1v) is 7.46. The maximum absolute atomic E-state index is 11.1. The minimum Gasteiger partial charge on any atom is -0.476 e. The van der Waals surface area contributed by atoms with Crippen LogP contribution in [-0.2, 0) is 0 Å². The normalized spacial score (nSPS) is 27.3. The first kappa shape index (κ1) is 12.0. The van der Waals surface area contributed by atoms with E-state index in [-0.39, 0.29) is 5.69 Å². The number of aromatic carboxylic acids is 1. The second kappa shape index (κ2) is 4.53. The molecule has 1 saturated heterocycles. The van der Waals surface area contributed by atoms with E-state index in [1.807, 2.05) is 6.92 Å². The summed E-state index contributed by atoms with van der Waals surface area (Å²) in [5.74, 6) is -0.106. The number of fused-ring (bicyclic) bond motifs is 1. The van der Waals surface area contributed by atoms with Crippen LogP contribution in [0, 0.1) is 12.8 Å². The number of hydrogen-bond acceptors (Lipinski definition) is 4. The van der Waals surface area contributed by atoms with Gasteiger partial charge in [0.1, 0.15) is 0 Å². The molecule has 1 aliphatic heterocycles. The number of carboxylic acids is 1. The Balaban J connectivity index is 1.86. The van der Waals surface area contributed by atoms with Crippen molar-refractivity contribution in [3.63, 3.8) is 0 Å². The number of aromatic nitrogens is 1. The van der Waals surface area contributed by atoms with Crippen molar-refractivity contribution < 1.29 is 9.90 Å². The van der Waals surface area contributed by atoms with Gasteiger partial charge in [-0.25, -0.2) is 9.78 Å². The summed E-state index contributed by atoms with van der Waals surface area (Å²) in [4.78, 5) is 18.6. The highest BCUT2D eigenvalue weighted by Crippen LogP contribution is 2.40. The highest BCUT2D eigenvalue weighted by molar-refractivity contribution is 7.15. The van der Waals surface area contributed by atoms with Gasteiger partial charge in [-0.1, -0.05) is 12.8 Å². The van der Waals surface area contributed by atoms with Crippen molar-refractivity contribution in [1.82, 2.24) is 4.98 Å². The van der Waals surface area contributed by atoms with Gasteiger partial charge in [0.15, 0.2) is 10.8 Å². The van der Waals surface area contributed by atoms with Gasteiger partial charge in [0.05, 0.1) is 0 Å². The number of nitrogens with zero attached hydrogens (tertiary/aromatic N) is 2. The van der Waals surface area contributed by atoms with E-state index in [2.05, 4.69) is 9.88 Å². The highest BCUT2D eigenvalue weighted by atomic mass is 32.1. The summed E-state index contributed by atoms with van der Waals surface area (Å²) in [6.45, 7) is 2.89. The van der Waals surface area contributed by atoms with Crippen molar-refractivity contribution >= 4 is 22.4 Å². The average molecular weight is 266 g/mol. The fourth-order valence-electron chi connectivity index (χ4n) is 3.35. The lowest BCUT2D eigenvalue weighted by Crippen LogP contribution is -2.34. The molecule has 3 rings (SSSR count). The van der Waals surface area contributed by atoms with E-state index in [1.165, 1.54) is 43.4 Å². The number of thiazole rings is 1. The van der Waals surface area contributed by atoms with Gasteiger partial charge < -0.3 is 10.0 Å². The number of anilines is 1. The van der Waals surface area contributed by atoms with Gasteiger partial charge >= 0.3 is 5.97 Å². The van der Waals surface area contributed by atoms with E-state index < -0.39 is 5.97 Å². The number of carbonyl (C=O) groups is 1. The molecule has 0 spiro atoms. The molecule has 4 nitrogen and oxygen atoms in total. The Morgan fingerprint density at radius 3 is 2.89 bits per heavy atom. The summed E-state index contributed by atoms with van der Waals surface area (Å²) >= 11 is 1.53. The number of aryl methyl sites for hydroxylation is 1. The van der Waals surface area contributed by atoms with Crippen LogP contribution < -0.4 is 4.90 Å². The lowest BCUT2D eigenvalue weighted by molar-refractivity contribution is 0.0690.